The number of aromatic amines is 1. The van der Waals surface area contributed by atoms with Gasteiger partial charge in [0.1, 0.15) is 5.69 Å². The van der Waals surface area contributed by atoms with E-state index in [9.17, 15) is 4.79 Å². The van der Waals surface area contributed by atoms with Gasteiger partial charge in [0, 0.05) is 24.1 Å². The fourth-order valence-electron chi connectivity index (χ4n) is 2.75. The number of nitrogens with two attached hydrogens (primary N) is 1. The maximum Gasteiger partial charge on any atom is 0.265 e. The topological polar surface area (TPSA) is 100 Å². The van der Waals surface area contributed by atoms with Crippen molar-refractivity contribution in [1.82, 2.24) is 14.8 Å². The molecular formula is C20H23N5OS. The molecule has 2 aromatic heterocycles. The summed E-state index contributed by atoms with van der Waals surface area (Å²) in [5, 5.41) is 13.6. The zero-order valence-electron chi connectivity index (χ0n) is 15.3. The molecule has 140 valence electrons. The van der Waals surface area contributed by atoms with Crippen LogP contribution in [0.25, 0.3) is 10.9 Å². The van der Waals surface area contributed by atoms with Crippen LogP contribution in [0.4, 0.5) is 0 Å². The van der Waals surface area contributed by atoms with Crippen molar-refractivity contribution in [3.63, 3.8) is 0 Å². The first-order valence-electron chi connectivity index (χ1n) is 8.12. The number of carbonyl (C=O) groups is 1. The van der Waals surface area contributed by atoms with Crippen molar-refractivity contribution in [3.8, 4) is 18.9 Å². The van der Waals surface area contributed by atoms with Gasteiger partial charge in [-0.25, -0.2) is 0 Å². The largest absolute Gasteiger partial charge is 0.364 e. The van der Waals surface area contributed by atoms with E-state index in [0.717, 1.165) is 22.7 Å². The molecule has 7 heteroatoms. The third-order valence-electron chi connectivity index (χ3n) is 4.28. The van der Waals surface area contributed by atoms with Gasteiger partial charge in [0.25, 0.3) is 5.91 Å². The van der Waals surface area contributed by atoms with E-state index in [-0.39, 0.29) is 13.5 Å². The lowest BCUT2D eigenvalue weighted by atomic mass is 10.2. The molecule has 1 amide bonds. The number of fused-ring (bicyclic) bond motifs is 1. The highest BCUT2D eigenvalue weighted by atomic mass is 32.1. The van der Waals surface area contributed by atoms with Crippen molar-refractivity contribution in [2.24, 2.45) is 18.7 Å². The van der Waals surface area contributed by atoms with Crippen LogP contribution in [0.3, 0.4) is 0 Å². The molecule has 4 rings (SSSR count). The smallest absolute Gasteiger partial charge is 0.265 e. The van der Waals surface area contributed by atoms with Gasteiger partial charge in [-0.2, -0.15) is 23.9 Å². The number of H-pyrrole nitrogens is 1. The summed E-state index contributed by atoms with van der Waals surface area (Å²) in [6.45, 7) is 2.29. The molecule has 1 aliphatic carbocycles. The standard InChI is InChI=1S/C10H7N3O.C8H12N2.C2H2.H2S/c11-5-6-1-2-8-7(3-6)4-9(13-8)10(12)14;1-6-3-8(6)7-4-9-10(2)5-7;1-2;/h1-4,13H,(H2,12,14);4-6,8H,3H2,1-2H3;1-2H;1H2/t;6-,8+;;/m.0../s1. The van der Waals surface area contributed by atoms with Crippen molar-refractivity contribution in [1.29, 1.82) is 5.26 Å². The number of nitrogens with one attached hydrogen (secondary N) is 1. The lowest BCUT2D eigenvalue weighted by molar-refractivity contribution is 0.0996. The highest BCUT2D eigenvalue weighted by molar-refractivity contribution is 7.59. The number of nitriles is 1. The van der Waals surface area contributed by atoms with Crippen molar-refractivity contribution >= 4 is 30.3 Å². The molecule has 2 atom stereocenters. The van der Waals surface area contributed by atoms with Gasteiger partial charge < -0.3 is 10.7 Å². The number of aryl methyl sites for hydroxylation is 1. The van der Waals surface area contributed by atoms with E-state index in [0.29, 0.717) is 11.3 Å². The Labute approximate surface area is 165 Å². The third-order valence-corrected chi connectivity index (χ3v) is 4.28. The molecule has 6 nitrogen and oxygen atoms in total. The second-order valence-electron chi connectivity index (χ2n) is 6.23. The first kappa shape index (κ1) is 21.9. The number of aromatic nitrogens is 3. The Hall–Kier alpha value is -3.16. The summed E-state index contributed by atoms with van der Waals surface area (Å²) in [6, 6.07) is 8.81. The Morgan fingerprint density at radius 3 is 2.56 bits per heavy atom. The molecule has 3 aromatic rings. The van der Waals surface area contributed by atoms with Gasteiger partial charge >= 0.3 is 0 Å². The van der Waals surface area contributed by atoms with Crippen LogP contribution in [0.2, 0.25) is 0 Å². The summed E-state index contributed by atoms with van der Waals surface area (Å²) in [5.74, 6) is 1.21. The van der Waals surface area contributed by atoms with Gasteiger partial charge in [-0.1, -0.05) is 6.92 Å². The van der Waals surface area contributed by atoms with Gasteiger partial charge in [0.2, 0.25) is 0 Å². The zero-order valence-corrected chi connectivity index (χ0v) is 16.3. The number of benzene rings is 1. The Morgan fingerprint density at radius 2 is 2.07 bits per heavy atom. The van der Waals surface area contributed by atoms with Gasteiger partial charge in [-0.15, -0.1) is 12.8 Å². The maximum atomic E-state index is 10.9. The average molecular weight is 382 g/mol. The quantitative estimate of drug-likeness (QED) is 0.667. The van der Waals surface area contributed by atoms with E-state index in [1.54, 1.807) is 24.3 Å². The predicted molar refractivity (Wildman–Crippen MR) is 112 cm³/mol. The van der Waals surface area contributed by atoms with Crippen molar-refractivity contribution in [3.05, 3.63) is 53.5 Å². The van der Waals surface area contributed by atoms with E-state index >= 15 is 0 Å². The molecule has 0 bridgehead atoms. The summed E-state index contributed by atoms with van der Waals surface area (Å²) < 4.78 is 1.88. The molecule has 0 radical (unpaired) electrons. The molecule has 1 saturated carbocycles. The molecule has 0 saturated heterocycles. The second-order valence-corrected chi connectivity index (χ2v) is 6.23. The molecular weight excluding hydrogens is 358 g/mol. The first-order valence-corrected chi connectivity index (χ1v) is 8.12. The van der Waals surface area contributed by atoms with Crippen molar-refractivity contribution < 1.29 is 4.79 Å². The average Bonchev–Trinajstić information content (AvgIpc) is 3.04. The number of carbonyl (C=O) groups excluding carboxylic acids is 1. The van der Waals surface area contributed by atoms with Crippen LogP contribution in [-0.2, 0) is 7.05 Å². The van der Waals surface area contributed by atoms with E-state index in [1.807, 2.05) is 24.0 Å². The fourth-order valence-corrected chi connectivity index (χ4v) is 2.75. The molecule has 0 spiro atoms. The number of amides is 1. The molecule has 1 aromatic carbocycles. The van der Waals surface area contributed by atoms with Gasteiger partial charge in [-0.3, -0.25) is 9.48 Å². The normalized spacial score (nSPS) is 16.6. The van der Waals surface area contributed by atoms with Crippen LogP contribution < -0.4 is 5.73 Å². The molecule has 1 fully saturated rings. The minimum absolute atomic E-state index is 0. The number of rotatable bonds is 2. The van der Waals surface area contributed by atoms with Crippen LogP contribution in [0.5, 0.6) is 0 Å². The molecule has 2 heterocycles. The van der Waals surface area contributed by atoms with Crippen LogP contribution in [0.15, 0.2) is 36.7 Å². The molecule has 0 aliphatic heterocycles. The first-order chi connectivity index (χ1) is 12.5. The SMILES string of the molecule is C#C.C[C@H]1C[C@H]1c1cnn(C)c1.N#Cc1ccc2[nH]c(C(N)=O)cc2c1.S. The molecule has 0 unspecified atom stereocenters. The molecule has 1 aliphatic rings. The van der Waals surface area contributed by atoms with Gasteiger partial charge in [0.15, 0.2) is 0 Å². The Bertz CT molecular complexity index is 979. The number of terminal acetylenes is 1. The van der Waals surface area contributed by atoms with Crippen molar-refractivity contribution in [2.45, 2.75) is 19.3 Å². The van der Waals surface area contributed by atoms with E-state index in [1.165, 1.54) is 12.0 Å². The van der Waals surface area contributed by atoms with Crippen LogP contribution in [0, 0.1) is 30.1 Å². The second kappa shape index (κ2) is 9.51. The minimum Gasteiger partial charge on any atom is -0.364 e. The lowest BCUT2D eigenvalue weighted by Gasteiger charge is -1.88. The van der Waals surface area contributed by atoms with E-state index in [2.05, 4.69) is 36.0 Å². The molecule has 3 N–H and O–H groups in total. The summed E-state index contributed by atoms with van der Waals surface area (Å²) in [5.41, 5.74) is 8.25. The van der Waals surface area contributed by atoms with Crippen LogP contribution in [-0.4, -0.2) is 20.7 Å². The third kappa shape index (κ3) is 5.40. The predicted octanol–water partition coefficient (Wildman–Crippen LogP) is 3.04. The lowest BCUT2D eigenvalue weighted by Crippen LogP contribution is -2.10. The zero-order chi connectivity index (χ0) is 19.3. The van der Waals surface area contributed by atoms with E-state index < -0.39 is 5.91 Å². The summed E-state index contributed by atoms with van der Waals surface area (Å²) >= 11 is 0. The van der Waals surface area contributed by atoms with E-state index in [4.69, 9.17) is 11.0 Å². The van der Waals surface area contributed by atoms with Crippen LogP contribution >= 0.6 is 13.5 Å². The Kier molecular flexibility index (Phi) is 7.71. The minimum atomic E-state index is -0.500. The summed E-state index contributed by atoms with van der Waals surface area (Å²) in [6.07, 6.45) is 13.5. The fraction of sp³-hybridized carbons (Fsp3) is 0.250. The van der Waals surface area contributed by atoms with Gasteiger partial charge in [0.05, 0.1) is 17.8 Å². The van der Waals surface area contributed by atoms with Crippen molar-refractivity contribution in [2.75, 3.05) is 0 Å². The number of hydrogen-bond donors (Lipinski definition) is 2. The summed E-state index contributed by atoms with van der Waals surface area (Å²) in [7, 11) is 1.97. The molecule has 27 heavy (non-hydrogen) atoms. The van der Waals surface area contributed by atoms with Crippen LogP contribution in [0.1, 0.15) is 40.9 Å². The Morgan fingerprint density at radius 1 is 1.41 bits per heavy atom. The number of primary amides is 1. The maximum absolute atomic E-state index is 10.9. The number of hydrogen-bond acceptors (Lipinski definition) is 3. The number of nitrogens with zero attached hydrogens (tertiary/aromatic N) is 3. The summed E-state index contributed by atoms with van der Waals surface area (Å²) in [4.78, 5) is 13.7. The highest BCUT2D eigenvalue weighted by Crippen LogP contribution is 2.46. The van der Waals surface area contributed by atoms with Gasteiger partial charge in [-0.05, 0) is 48.1 Å². The monoisotopic (exact) mass is 381 g/mol. The highest BCUT2D eigenvalue weighted by Gasteiger charge is 2.34. The Balaban J connectivity index is 0.000000249.